The number of rotatable bonds is 28. The quantitative estimate of drug-likeness (QED) is 0.0285. The molecule has 0 aliphatic heterocycles. The predicted molar refractivity (Wildman–Crippen MR) is 273 cm³/mol. The summed E-state index contributed by atoms with van der Waals surface area (Å²) >= 11 is 0. The number of unbranched alkanes of at least 4 members (excludes halogenated alkanes) is 10. The SMILES string of the molecule is CCCCCCC(C)c1ccc2cc(C(CC)CCCCC)ccc2c1OC(=O)c1ccccc1C(=O)Oc1c(C(C)CCCCCC)ccc2cc(C(CC)CCCCC)ccc12. The van der Waals surface area contributed by atoms with Crippen LogP contribution in [0.3, 0.4) is 0 Å². The van der Waals surface area contributed by atoms with Crippen LogP contribution in [0.25, 0.3) is 21.5 Å². The summed E-state index contributed by atoms with van der Waals surface area (Å²) in [5.74, 6) is 1.49. The maximum Gasteiger partial charge on any atom is 0.344 e. The average molecular weight is 867 g/mol. The number of ether oxygens (including phenoxy) is 2. The van der Waals surface area contributed by atoms with Crippen molar-refractivity contribution in [1.29, 1.82) is 0 Å². The lowest BCUT2D eigenvalue weighted by atomic mass is 9.87. The minimum absolute atomic E-state index is 0.194. The highest BCUT2D eigenvalue weighted by Crippen LogP contribution is 2.41. The summed E-state index contributed by atoms with van der Waals surface area (Å²) in [5, 5.41) is 4.01. The van der Waals surface area contributed by atoms with Crippen LogP contribution in [0.15, 0.2) is 84.9 Å². The third kappa shape index (κ3) is 13.6. The molecule has 0 aliphatic carbocycles. The van der Waals surface area contributed by atoms with Crippen molar-refractivity contribution in [2.45, 2.75) is 207 Å². The van der Waals surface area contributed by atoms with E-state index >= 15 is 0 Å². The van der Waals surface area contributed by atoms with Crippen LogP contribution in [-0.2, 0) is 0 Å². The molecule has 4 nitrogen and oxygen atoms in total. The lowest BCUT2D eigenvalue weighted by Gasteiger charge is -2.21. The molecule has 0 saturated heterocycles. The molecular weight excluding hydrogens is 785 g/mol. The first-order valence-corrected chi connectivity index (χ1v) is 25.9. The molecule has 0 fully saturated rings. The molecule has 0 N–H and O–H groups in total. The summed E-state index contributed by atoms with van der Waals surface area (Å²) < 4.78 is 13.1. The minimum atomic E-state index is -0.546. The van der Waals surface area contributed by atoms with Gasteiger partial charge in [-0.1, -0.05) is 218 Å². The molecule has 0 saturated carbocycles. The number of fused-ring (bicyclic) bond motifs is 2. The molecule has 64 heavy (non-hydrogen) atoms. The second-order valence-corrected chi connectivity index (χ2v) is 19.0. The van der Waals surface area contributed by atoms with Gasteiger partial charge in [0.2, 0.25) is 0 Å². The molecule has 0 aliphatic rings. The van der Waals surface area contributed by atoms with E-state index in [4.69, 9.17) is 9.47 Å². The Morgan fingerprint density at radius 2 is 0.812 bits per heavy atom. The van der Waals surface area contributed by atoms with Gasteiger partial charge in [0.1, 0.15) is 11.5 Å². The van der Waals surface area contributed by atoms with Gasteiger partial charge in [-0.3, -0.25) is 0 Å². The molecule has 0 radical (unpaired) electrons. The van der Waals surface area contributed by atoms with Crippen molar-refractivity contribution < 1.29 is 19.1 Å². The van der Waals surface area contributed by atoms with E-state index in [9.17, 15) is 9.59 Å². The van der Waals surface area contributed by atoms with Crippen LogP contribution in [0.5, 0.6) is 11.5 Å². The first-order valence-electron chi connectivity index (χ1n) is 25.9. The lowest BCUT2D eigenvalue weighted by molar-refractivity contribution is 0.0692. The van der Waals surface area contributed by atoms with Gasteiger partial charge in [0.05, 0.1) is 11.1 Å². The molecule has 5 aromatic carbocycles. The van der Waals surface area contributed by atoms with E-state index in [2.05, 4.69) is 116 Å². The number of esters is 2. The zero-order chi connectivity index (χ0) is 45.8. The largest absolute Gasteiger partial charge is 0.422 e. The van der Waals surface area contributed by atoms with Gasteiger partial charge in [-0.15, -0.1) is 0 Å². The van der Waals surface area contributed by atoms with E-state index in [1.807, 2.05) is 0 Å². The van der Waals surface area contributed by atoms with Crippen LogP contribution in [0.2, 0.25) is 0 Å². The van der Waals surface area contributed by atoms with Crippen LogP contribution in [0, 0.1) is 0 Å². The van der Waals surface area contributed by atoms with Crippen LogP contribution >= 0.6 is 0 Å². The second-order valence-electron chi connectivity index (χ2n) is 19.0. The Kier molecular flexibility index (Phi) is 20.9. The van der Waals surface area contributed by atoms with Gasteiger partial charge in [0, 0.05) is 10.8 Å². The van der Waals surface area contributed by atoms with E-state index in [0.717, 1.165) is 71.2 Å². The van der Waals surface area contributed by atoms with Crippen LogP contribution in [0.1, 0.15) is 250 Å². The van der Waals surface area contributed by atoms with Crippen LogP contribution in [0.4, 0.5) is 0 Å². The standard InChI is InChI=1S/C60H82O4/c1-9-15-19-23-27-43(7)51-37-35-49-41-47(45(13-5)29-21-17-11-3)33-39-53(49)57(51)63-59(61)55-31-25-26-32-56(55)60(62)64-58-52(44(8)28-24-20-16-10-2)38-36-50-42-48(34-40-54(50)58)46(14-6)30-22-18-12-4/h25-26,31-46H,9-24,27-30H2,1-8H3. The number of hydrogen-bond donors (Lipinski definition) is 0. The summed E-state index contributed by atoms with van der Waals surface area (Å²) in [7, 11) is 0. The fraction of sp³-hybridized carbons (Fsp3) is 0.533. The predicted octanol–water partition coefficient (Wildman–Crippen LogP) is 18.7. The number of hydrogen-bond acceptors (Lipinski definition) is 4. The Morgan fingerprint density at radius 3 is 1.19 bits per heavy atom. The van der Waals surface area contributed by atoms with E-state index in [-0.39, 0.29) is 23.0 Å². The minimum Gasteiger partial charge on any atom is -0.422 e. The van der Waals surface area contributed by atoms with E-state index in [0.29, 0.717) is 23.3 Å². The molecular formula is C60H82O4. The fourth-order valence-electron chi connectivity index (χ4n) is 9.88. The lowest BCUT2D eigenvalue weighted by Crippen LogP contribution is -2.19. The van der Waals surface area contributed by atoms with Crippen molar-refractivity contribution in [3.05, 3.63) is 118 Å². The number of carbonyl (C=O) groups excluding carboxylic acids is 2. The van der Waals surface area contributed by atoms with Gasteiger partial charge in [0.15, 0.2) is 0 Å². The monoisotopic (exact) mass is 867 g/mol. The zero-order valence-electron chi connectivity index (χ0n) is 41.2. The number of carbonyl (C=O) groups is 2. The van der Waals surface area contributed by atoms with E-state index < -0.39 is 11.9 Å². The molecule has 4 atom stereocenters. The first-order chi connectivity index (χ1) is 31.2. The van der Waals surface area contributed by atoms with Gasteiger partial charge in [0.25, 0.3) is 0 Å². The molecule has 0 heterocycles. The summed E-state index contributed by atoms with van der Waals surface area (Å²) in [4.78, 5) is 29.3. The third-order valence-corrected chi connectivity index (χ3v) is 14.1. The Labute approximate surface area is 388 Å². The van der Waals surface area contributed by atoms with Crippen molar-refractivity contribution in [1.82, 2.24) is 0 Å². The summed E-state index contributed by atoms with van der Waals surface area (Å²) in [6.45, 7) is 18.0. The molecule has 4 unspecified atom stereocenters. The Balaban J connectivity index is 1.51. The van der Waals surface area contributed by atoms with Gasteiger partial charge >= 0.3 is 11.9 Å². The van der Waals surface area contributed by atoms with Crippen molar-refractivity contribution in [2.75, 3.05) is 0 Å². The summed E-state index contributed by atoms with van der Waals surface area (Å²) in [5.41, 5.74) is 5.16. The number of benzene rings is 5. The van der Waals surface area contributed by atoms with Crippen molar-refractivity contribution in [3.8, 4) is 11.5 Å². The highest BCUT2D eigenvalue weighted by atomic mass is 16.5. The fourth-order valence-corrected chi connectivity index (χ4v) is 9.88. The van der Waals surface area contributed by atoms with Gasteiger partial charge < -0.3 is 9.47 Å². The molecule has 4 heteroatoms. The van der Waals surface area contributed by atoms with Gasteiger partial charge in [-0.05, 0) is 107 Å². The highest BCUT2D eigenvalue weighted by molar-refractivity contribution is 6.06. The molecule has 346 valence electrons. The molecule has 0 amide bonds. The maximum atomic E-state index is 14.6. The third-order valence-electron chi connectivity index (χ3n) is 14.1. The van der Waals surface area contributed by atoms with Gasteiger partial charge in [-0.2, -0.15) is 0 Å². The second kappa shape index (κ2) is 26.5. The van der Waals surface area contributed by atoms with Crippen molar-refractivity contribution in [3.63, 3.8) is 0 Å². The molecule has 5 rings (SSSR count). The summed E-state index contributed by atoms with van der Waals surface area (Å²) in [6.07, 6.45) is 23.4. The Morgan fingerprint density at radius 1 is 0.438 bits per heavy atom. The highest BCUT2D eigenvalue weighted by Gasteiger charge is 2.26. The maximum absolute atomic E-state index is 14.6. The van der Waals surface area contributed by atoms with E-state index in [1.165, 1.54) is 101 Å². The molecule has 0 spiro atoms. The zero-order valence-corrected chi connectivity index (χ0v) is 41.2. The molecule has 5 aromatic rings. The average Bonchev–Trinajstić information content (AvgIpc) is 3.31. The molecule has 0 aromatic heterocycles. The van der Waals surface area contributed by atoms with Gasteiger partial charge in [-0.25, -0.2) is 9.59 Å². The summed E-state index contributed by atoms with van der Waals surface area (Å²) in [6, 6.07) is 29.2. The Hall–Kier alpha value is -4.44. The van der Waals surface area contributed by atoms with E-state index in [1.54, 1.807) is 24.3 Å². The molecule has 0 bridgehead atoms. The van der Waals surface area contributed by atoms with Crippen LogP contribution in [-0.4, -0.2) is 11.9 Å². The van der Waals surface area contributed by atoms with Crippen molar-refractivity contribution >= 4 is 33.5 Å². The topological polar surface area (TPSA) is 52.6 Å². The van der Waals surface area contributed by atoms with Crippen LogP contribution < -0.4 is 9.47 Å². The first kappa shape index (κ1) is 50.6. The van der Waals surface area contributed by atoms with Crippen molar-refractivity contribution in [2.24, 2.45) is 0 Å². The smallest absolute Gasteiger partial charge is 0.344 e. The normalized spacial score (nSPS) is 13.5. The Bertz CT molecular complexity index is 2060.